The van der Waals surface area contributed by atoms with Gasteiger partial charge in [-0.1, -0.05) is 22.2 Å². The molecule has 0 heterocycles. The van der Waals surface area contributed by atoms with Crippen LogP contribution in [-0.2, 0) is 133 Å². The van der Waals surface area contributed by atoms with E-state index in [0.717, 1.165) is 12.8 Å². The van der Waals surface area contributed by atoms with E-state index in [0.29, 0.717) is 65.9 Å². The van der Waals surface area contributed by atoms with Crippen LogP contribution in [0.25, 0.3) is 0 Å². The molecular weight excluding hydrogens is 1480 g/mol. The van der Waals surface area contributed by atoms with Crippen LogP contribution in [0.4, 0.5) is 0 Å². The van der Waals surface area contributed by atoms with Crippen molar-refractivity contribution in [1.29, 1.82) is 13.4 Å². The van der Waals surface area contributed by atoms with Crippen LogP contribution in [0.2, 0.25) is 0 Å². The SMILES string of the molecule is C.CCOP(C)(=O)OCCOCCO.CP(=O)(OCO)OCCOCCOP(=O)([O-])OCCOCCO.N.O.O.[2H]C([3H])OCCOCCCCOP(C)OCCC#N.[2H]OCCOCCOP(=O)(OCCC#N)OCCOCCOP(C)(=O)OCC.[2H]OCCOCCOP(C)(=O)OCC.[3H]C.[3H]C. The first-order valence-corrected chi connectivity index (χ1v) is 41.5. The number of aliphatic hydroxyl groups is 5. The number of aliphatic hydroxyl groups excluding tert-OH is 5. The van der Waals surface area contributed by atoms with Crippen molar-refractivity contribution < 1.29 is 180 Å². The smallest absolute Gasteiger partial charge is 0.474 e. The summed E-state index contributed by atoms with van der Waals surface area (Å²) < 4.78 is 221. The topological polar surface area (TPSA) is 585 Å². The molecule has 0 aliphatic heterocycles. The summed E-state index contributed by atoms with van der Waals surface area (Å²) in [5.74, 6) is 0. The third-order valence-corrected chi connectivity index (χ3v) is 17.6. The van der Waals surface area contributed by atoms with Gasteiger partial charge in [0.15, 0.2) is 15.2 Å². The van der Waals surface area contributed by atoms with E-state index < -0.39 is 68.3 Å². The number of ether oxygens (including phenoxy) is 8. The molecule has 0 aliphatic rings. The first kappa shape index (κ1) is 107. The number of methoxy groups -OCH3 is 1. The maximum atomic E-state index is 12.4. The number of rotatable bonds is 65. The number of nitriles is 2. The summed E-state index contributed by atoms with van der Waals surface area (Å²) in [5.41, 5.74) is 0. The van der Waals surface area contributed by atoms with Gasteiger partial charge in [-0.15, -0.1) is 0 Å². The van der Waals surface area contributed by atoms with Crippen molar-refractivity contribution in [3.8, 4) is 12.1 Å². The van der Waals surface area contributed by atoms with E-state index in [9.17, 15) is 32.3 Å². The number of hydrogen-bond donors (Lipinski definition) is 6. The molecule has 0 bridgehead atoms. The number of phosphoric ester groups is 2. The maximum absolute atomic E-state index is 12.4. The third-order valence-electron chi connectivity index (χ3n) is 8.68. The zero-order valence-corrected chi connectivity index (χ0v) is 64.8. The van der Waals surface area contributed by atoms with Gasteiger partial charge >= 0.3 is 38.2 Å². The Hall–Kier alpha value is -0.490. The van der Waals surface area contributed by atoms with Crippen molar-refractivity contribution in [1.82, 2.24) is 6.15 Å². The first-order chi connectivity index (χ1) is 48.1. The molecule has 0 aromatic carbocycles. The molecule has 0 aromatic rings. The van der Waals surface area contributed by atoms with Crippen LogP contribution in [-0.4, -0.2) is 305 Å². The predicted octanol–water partition coefficient (Wildman–Crippen LogP) is 5.76. The molecule has 8 unspecified atom stereocenters. The molecule has 0 spiro atoms. The van der Waals surface area contributed by atoms with Gasteiger partial charge in [0.05, 0.1) is 239 Å². The summed E-state index contributed by atoms with van der Waals surface area (Å²) in [6.45, 7) is 16.8. The van der Waals surface area contributed by atoms with E-state index in [1.807, 2.05) is 18.8 Å². The average molecular weight is 1610 g/mol. The second kappa shape index (κ2) is 88.1. The number of phosphoric acid groups is 2. The van der Waals surface area contributed by atoms with E-state index in [2.05, 4.69) is 23.8 Å². The lowest BCUT2D eigenvalue weighted by Gasteiger charge is -2.22. The van der Waals surface area contributed by atoms with E-state index >= 15 is 0 Å². The molecule has 608 valence electrons. The van der Waals surface area contributed by atoms with Gasteiger partial charge in [-0.3, -0.25) is 40.9 Å². The van der Waals surface area contributed by atoms with E-state index in [1.165, 1.54) is 41.5 Å². The lowest BCUT2D eigenvalue weighted by atomic mass is 10.3. The monoisotopic (exact) mass is 1610 g/mol. The van der Waals surface area contributed by atoms with Crippen LogP contribution in [0.15, 0.2) is 0 Å². The second-order valence-electron chi connectivity index (χ2n) is 16.6. The molecule has 0 radical (unpaired) electrons. The van der Waals surface area contributed by atoms with Crippen molar-refractivity contribution in [3.05, 3.63) is 0 Å². The van der Waals surface area contributed by atoms with E-state index in [1.54, 1.807) is 20.8 Å². The van der Waals surface area contributed by atoms with E-state index in [-0.39, 0.29) is 190 Å². The molecule has 47 heteroatoms. The summed E-state index contributed by atoms with van der Waals surface area (Å²) in [6, 6.07) is 3.87. The lowest BCUT2D eigenvalue weighted by molar-refractivity contribution is -0.227. The highest BCUT2D eigenvalue weighted by atomic mass is 31.2. The number of hydrogen-bond acceptors (Lipinski definition) is 38. The molecule has 0 saturated carbocycles. The summed E-state index contributed by atoms with van der Waals surface area (Å²) in [6.07, 6.45) is 2.18. The van der Waals surface area contributed by atoms with Crippen LogP contribution < -0.4 is 11.0 Å². The minimum absolute atomic E-state index is 0. The largest absolute Gasteiger partial charge is 0.756 e. The van der Waals surface area contributed by atoms with Crippen molar-refractivity contribution in [3.63, 3.8) is 0 Å². The fourth-order valence-electron chi connectivity index (χ4n) is 5.01. The Morgan fingerprint density at radius 3 is 1.07 bits per heavy atom. The molecule has 0 rings (SSSR count). The van der Waals surface area contributed by atoms with Crippen LogP contribution >= 0.6 is 54.4 Å². The van der Waals surface area contributed by atoms with Crippen LogP contribution in [0, 0.1) is 22.7 Å². The predicted molar refractivity (Wildman–Crippen MR) is 369 cm³/mol. The second-order valence-corrected chi connectivity index (χ2v) is 29.3. The molecule has 8 atom stereocenters. The van der Waals surface area contributed by atoms with Gasteiger partial charge in [-0.25, -0.2) is 4.57 Å². The van der Waals surface area contributed by atoms with Crippen molar-refractivity contribution in [2.24, 2.45) is 0 Å². The average Bonchev–Trinajstić information content (AvgIpc) is 0.897. The molecule has 40 nitrogen and oxygen atoms in total. The zero-order chi connectivity index (χ0) is 78.1. The first-order valence-electron chi connectivity index (χ1n) is 32.9. The van der Waals surface area contributed by atoms with Gasteiger partial charge in [-0.05, 0) is 33.6 Å². The van der Waals surface area contributed by atoms with Gasteiger partial charge < -0.3 is 135 Å². The molecule has 12 N–H and O–H groups in total. The van der Waals surface area contributed by atoms with Gasteiger partial charge in [-0.2, -0.15) is 10.5 Å². The number of nitrogens with zero attached hydrogens (tertiary/aromatic N) is 2. The fourth-order valence-corrected chi connectivity index (χ4v) is 11.2. The molecule has 0 saturated heterocycles. The van der Waals surface area contributed by atoms with Crippen LogP contribution in [0.3, 0.4) is 0 Å². The zero-order valence-electron chi connectivity index (χ0n) is 64.6. The minimum atomic E-state index is -4.43. The Morgan fingerprint density at radius 1 is 0.434 bits per heavy atom. The summed E-state index contributed by atoms with van der Waals surface area (Å²) in [7, 11) is -20.1. The van der Waals surface area contributed by atoms with Gasteiger partial charge in [0, 0.05) is 49.7 Å². The van der Waals surface area contributed by atoms with Gasteiger partial charge in [0.25, 0.3) is 7.82 Å². The van der Waals surface area contributed by atoms with Gasteiger partial charge in [0.1, 0.15) is 0 Å². The highest BCUT2D eigenvalue weighted by Crippen LogP contribution is 2.49. The molecule has 0 aromatic heterocycles. The third kappa shape index (κ3) is 104. The number of unbranched alkanes of at least 4 members (excludes halogenated alkanes) is 1. The van der Waals surface area contributed by atoms with Crippen molar-refractivity contribution >= 4 is 54.4 Å². The molecular formula is C52H127N3O37P7-. The normalized spacial score (nSPS) is 15.4. The Morgan fingerprint density at radius 2 is 0.727 bits per heavy atom. The molecule has 99 heavy (non-hydrogen) atoms. The Balaban J connectivity index is -0.000000117. The van der Waals surface area contributed by atoms with Crippen LogP contribution in [0.1, 0.15) is 74.2 Å². The van der Waals surface area contributed by atoms with Gasteiger partial charge in [0.2, 0.25) is 2.86 Å². The molecule has 0 aliphatic carbocycles. The highest BCUT2D eigenvalue weighted by Gasteiger charge is 2.27. The summed E-state index contributed by atoms with van der Waals surface area (Å²) in [5, 5.41) is 50.2. The lowest BCUT2D eigenvalue weighted by Crippen LogP contribution is -2.15. The maximum Gasteiger partial charge on any atom is 0.474 e. The molecule has 0 fully saturated rings. The summed E-state index contributed by atoms with van der Waals surface area (Å²) >= 11 is 0. The minimum Gasteiger partial charge on any atom is -0.756 e. The highest BCUT2D eigenvalue weighted by molar-refractivity contribution is 7.53. The van der Waals surface area contributed by atoms with Crippen molar-refractivity contribution in [2.75, 3.05) is 265 Å². The fraction of sp³-hybridized carbons (Fsp3) is 0.962. The Kier molecular flexibility index (Phi) is 95.4. The summed E-state index contributed by atoms with van der Waals surface area (Å²) in [4.78, 5) is 11.3. The Bertz CT molecular complexity index is 2130. The Labute approximate surface area is 598 Å². The quantitative estimate of drug-likeness (QED) is 0.0239. The van der Waals surface area contributed by atoms with Crippen LogP contribution in [0.5, 0.6) is 0 Å². The van der Waals surface area contributed by atoms with Crippen molar-refractivity contribution in [2.45, 2.75) is 68.7 Å². The standard InChI is InChI=1S/C14H29NO10P2.C11H22NO4P.C10H24O11P2.2C7H17O5P.3CH4.H3N.2H2O/c1-3-21-26(2,17)22-12-9-20-11-14-25-27(18,23-7-4-5-15)24-13-10-19-8-6-16;1-13-10-11-14-7-3-4-8-15-17(2)16-9-5-6-12;1-22(13,21-10-12)18-7-4-17-6-9-20-23(14,15)19-8-5-16-3-2-11;2*1-3-11-13(2,9)12-7-6-10-5-4-8;;;;;;/h16H,3-4,6-14H2,1-2H3;3-5,7-11H2,1-2H3;11-12H,2-10H2,1H3,(H,14,15);2*8H,3-7H2,1-2H3;3*1H4;1H3;2*1H2/p-1/i16D;1TD;;8D;;2*1T;;;;. The molecule has 0 amide bonds. The van der Waals surface area contributed by atoms with E-state index in [4.69, 9.17) is 126 Å².